The molecule has 5 nitrogen and oxygen atoms in total. The zero-order valence-corrected chi connectivity index (χ0v) is 14.6. The first-order chi connectivity index (χ1) is 11.7. The first kappa shape index (κ1) is 17.0. The molecule has 3 rings (SSSR count). The maximum atomic E-state index is 12.9. The Hall–Kier alpha value is -1.85. The van der Waals surface area contributed by atoms with Crippen LogP contribution in [0.15, 0.2) is 34.9 Å². The molecule has 0 saturated carbocycles. The zero-order chi connectivity index (χ0) is 16.9. The predicted octanol–water partition coefficient (Wildman–Crippen LogP) is 3.60. The van der Waals surface area contributed by atoms with Gasteiger partial charge in [-0.1, -0.05) is 35.8 Å². The Labute approximate surface area is 147 Å². The van der Waals surface area contributed by atoms with Crippen molar-refractivity contribution in [1.29, 1.82) is 0 Å². The molecule has 128 valence electrons. The van der Waals surface area contributed by atoms with Crippen LogP contribution in [0, 0.1) is 0 Å². The van der Waals surface area contributed by atoms with Crippen LogP contribution in [0.25, 0.3) is 11.3 Å². The van der Waals surface area contributed by atoms with Gasteiger partial charge in [-0.25, -0.2) is 0 Å². The normalized spacial score (nSPS) is 15.4. The Bertz CT molecular complexity index is 695. The van der Waals surface area contributed by atoms with Gasteiger partial charge in [0.05, 0.1) is 0 Å². The average molecular weight is 348 g/mol. The number of piperidine rings is 1. The van der Waals surface area contributed by atoms with Crippen molar-refractivity contribution in [2.24, 2.45) is 0 Å². The number of nitrogens with one attached hydrogen (secondary N) is 1. The maximum Gasteiger partial charge on any atom is 0.276 e. The van der Waals surface area contributed by atoms with Crippen LogP contribution >= 0.6 is 11.6 Å². The van der Waals surface area contributed by atoms with E-state index in [1.165, 1.54) is 0 Å². The van der Waals surface area contributed by atoms with Gasteiger partial charge in [0.2, 0.25) is 0 Å². The van der Waals surface area contributed by atoms with Crippen LogP contribution in [0.2, 0.25) is 5.02 Å². The molecule has 1 saturated heterocycles. The summed E-state index contributed by atoms with van der Waals surface area (Å²) >= 11 is 6.01. The number of halogens is 1. The van der Waals surface area contributed by atoms with Gasteiger partial charge >= 0.3 is 0 Å². The highest BCUT2D eigenvalue weighted by atomic mass is 35.5. The molecule has 0 aliphatic carbocycles. The predicted molar refractivity (Wildman–Crippen MR) is 94.2 cm³/mol. The van der Waals surface area contributed by atoms with Crippen molar-refractivity contribution in [3.8, 4) is 11.3 Å². The number of rotatable bonds is 5. The molecule has 1 fully saturated rings. The van der Waals surface area contributed by atoms with Gasteiger partial charge in [-0.2, -0.15) is 0 Å². The van der Waals surface area contributed by atoms with Crippen LogP contribution in [0.4, 0.5) is 0 Å². The standard InChI is InChI=1S/C18H22ClN3O2/c1-2-10-22(15-6-8-20-9-7-15)18(23)16-12-17(24-21-16)13-4-3-5-14(19)11-13/h3-5,11-12,15,20H,2,6-10H2,1H3. The van der Waals surface area contributed by atoms with Crippen molar-refractivity contribution in [2.75, 3.05) is 19.6 Å². The first-order valence-electron chi connectivity index (χ1n) is 8.43. The molecule has 1 aliphatic rings. The molecule has 0 radical (unpaired) electrons. The molecule has 0 spiro atoms. The molecule has 1 aliphatic heterocycles. The monoisotopic (exact) mass is 347 g/mol. The topological polar surface area (TPSA) is 58.4 Å². The quantitative estimate of drug-likeness (QED) is 0.897. The molecule has 1 aromatic heterocycles. The SMILES string of the molecule is CCCN(C(=O)c1cc(-c2cccc(Cl)c2)on1)C1CCNCC1. The smallest absolute Gasteiger partial charge is 0.276 e. The van der Waals surface area contributed by atoms with E-state index >= 15 is 0 Å². The first-order valence-corrected chi connectivity index (χ1v) is 8.81. The summed E-state index contributed by atoms with van der Waals surface area (Å²) in [6.07, 6.45) is 2.88. The van der Waals surface area contributed by atoms with Crippen molar-refractivity contribution in [3.63, 3.8) is 0 Å². The highest BCUT2D eigenvalue weighted by molar-refractivity contribution is 6.30. The van der Waals surface area contributed by atoms with E-state index in [4.69, 9.17) is 16.1 Å². The van der Waals surface area contributed by atoms with Crippen LogP contribution in [-0.4, -0.2) is 41.6 Å². The number of amides is 1. The fraction of sp³-hybridized carbons (Fsp3) is 0.444. The van der Waals surface area contributed by atoms with E-state index in [1.54, 1.807) is 18.2 Å². The molecule has 2 aromatic rings. The lowest BCUT2D eigenvalue weighted by Gasteiger charge is -2.34. The molecule has 1 N–H and O–H groups in total. The van der Waals surface area contributed by atoms with E-state index in [0.717, 1.165) is 44.5 Å². The highest BCUT2D eigenvalue weighted by Gasteiger charge is 2.27. The second-order valence-corrected chi connectivity index (χ2v) is 6.50. The second kappa shape index (κ2) is 7.81. The molecule has 2 heterocycles. The third-order valence-corrected chi connectivity index (χ3v) is 4.55. The third kappa shape index (κ3) is 3.79. The molecule has 24 heavy (non-hydrogen) atoms. The summed E-state index contributed by atoms with van der Waals surface area (Å²) in [5.41, 5.74) is 1.18. The lowest BCUT2D eigenvalue weighted by molar-refractivity contribution is 0.0632. The summed E-state index contributed by atoms with van der Waals surface area (Å²) in [6.45, 7) is 4.72. The van der Waals surface area contributed by atoms with Gasteiger partial charge in [-0.3, -0.25) is 4.79 Å². The van der Waals surface area contributed by atoms with Gasteiger partial charge in [0.1, 0.15) is 0 Å². The van der Waals surface area contributed by atoms with Gasteiger partial charge in [-0.05, 0) is 44.5 Å². The van der Waals surface area contributed by atoms with Gasteiger partial charge in [-0.15, -0.1) is 0 Å². The van der Waals surface area contributed by atoms with E-state index in [0.29, 0.717) is 16.5 Å². The van der Waals surface area contributed by atoms with Crippen molar-refractivity contribution < 1.29 is 9.32 Å². The fourth-order valence-corrected chi connectivity index (χ4v) is 3.30. The molecular formula is C18H22ClN3O2. The number of carbonyl (C=O) groups excluding carboxylic acids is 1. The van der Waals surface area contributed by atoms with Crippen molar-refractivity contribution in [3.05, 3.63) is 41.0 Å². The number of hydrogen-bond donors (Lipinski definition) is 1. The van der Waals surface area contributed by atoms with E-state index < -0.39 is 0 Å². The van der Waals surface area contributed by atoms with Crippen LogP contribution in [0.1, 0.15) is 36.7 Å². The van der Waals surface area contributed by atoms with E-state index in [1.807, 2.05) is 17.0 Å². The highest BCUT2D eigenvalue weighted by Crippen LogP contribution is 2.24. The van der Waals surface area contributed by atoms with Crippen molar-refractivity contribution in [1.82, 2.24) is 15.4 Å². The Morgan fingerprint density at radius 3 is 2.88 bits per heavy atom. The Balaban J connectivity index is 1.80. The second-order valence-electron chi connectivity index (χ2n) is 6.07. The molecular weight excluding hydrogens is 326 g/mol. The van der Waals surface area contributed by atoms with E-state index in [-0.39, 0.29) is 11.9 Å². The molecule has 1 aromatic carbocycles. The summed E-state index contributed by atoms with van der Waals surface area (Å²) in [5, 5.41) is 7.96. The number of aromatic nitrogens is 1. The third-order valence-electron chi connectivity index (χ3n) is 4.31. The minimum Gasteiger partial charge on any atom is -0.355 e. The Morgan fingerprint density at radius 2 is 2.17 bits per heavy atom. The average Bonchev–Trinajstić information content (AvgIpc) is 3.10. The van der Waals surface area contributed by atoms with Gasteiger partial charge in [0, 0.05) is 29.2 Å². The van der Waals surface area contributed by atoms with Gasteiger partial charge < -0.3 is 14.7 Å². The summed E-state index contributed by atoms with van der Waals surface area (Å²) in [6, 6.07) is 9.31. The zero-order valence-electron chi connectivity index (χ0n) is 13.8. The molecule has 0 unspecified atom stereocenters. The maximum absolute atomic E-state index is 12.9. The summed E-state index contributed by atoms with van der Waals surface area (Å²) in [5.74, 6) is 0.503. The van der Waals surface area contributed by atoms with Crippen molar-refractivity contribution >= 4 is 17.5 Å². The molecule has 0 atom stereocenters. The largest absolute Gasteiger partial charge is 0.355 e. The van der Waals surface area contributed by atoms with Gasteiger partial charge in [0.25, 0.3) is 5.91 Å². The van der Waals surface area contributed by atoms with Crippen LogP contribution in [0.3, 0.4) is 0 Å². The summed E-state index contributed by atoms with van der Waals surface area (Å²) in [7, 11) is 0. The summed E-state index contributed by atoms with van der Waals surface area (Å²) in [4.78, 5) is 14.8. The molecule has 0 bridgehead atoms. The van der Waals surface area contributed by atoms with Crippen LogP contribution < -0.4 is 5.32 Å². The van der Waals surface area contributed by atoms with E-state index in [2.05, 4.69) is 17.4 Å². The fourth-order valence-electron chi connectivity index (χ4n) is 3.11. The number of nitrogens with zero attached hydrogens (tertiary/aromatic N) is 2. The molecule has 1 amide bonds. The molecule has 6 heteroatoms. The Kier molecular flexibility index (Phi) is 5.53. The Morgan fingerprint density at radius 1 is 1.38 bits per heavy atom. The number of benzene rings is 1. The van der Waals surface area contributed by atoms with Crippen molar-refractivity contribution in [2.45, 2.75) is 32.2 Å². The minimum atomic E-state index is -0.0548. The number of carbonyl (C=O) groups is 1. The lowest BCUT2D eigenvalue weighted by atomic mass is 10.0. The summed E-state index contributed by atoms with van der Waals surface area (Å²) < 4.78 is 5.37. The van der Waals surface area contributed by atoms with Crippen LogP contribution in [0.5, 0.6) is 0 Å². The van der Waals surface area contributed by atoms with Crippen LogP contribution in [-0.2, 0) is 0 Å². The van der Waals surface area contributed by atoms with E-state index in [9.17, 15) is 4.79 Å². The van der Waals surface area contributed by atoms with Gasteiger partial charge in [0.15, 0.2) is 11.5 Å². The number of hydrogen-bond acceptors (Lipinski definition) is 4. The minimum absolute atomic E-state index is 0.0548. The lowest BCUT2D eigenvalue weighted by Crippen LogP contribution is -2.46.